The first-order valence-corrected chi connectivity index (χ1v) is 26.8. The van der Waals surface area contributed by atoms with Crippen LogP contribution in [0.4, 0.5) is 0 Å². The minimum absolute atomic E-state index is 0.0950. The van der Waals surface area contributed by atoms with E-state index in [0.29, 0.717) is 17.1 Å². The second-order valence-electron chi connectivity index (χ2n) is 23.8. The fourth-order valence-electron chi connectivity index (χ4n) is 11.7. The first kappa shape index (κ1) is 47.6. The summed E-state index contributed by atoms with van der Waals surface area (Å²) in [6, 6.07) is 74.8. The highest BCUT2D eigenvalue weighted by molar-refractivity contribution is 6.15. The highest BCUT2D eigenvalue weighted by Crippen LogP contribution is 2.49. The average Bonchev–Trinajstić information content (AvgIpc) is 4.16. The number of hydrogen-bond donors (Lipinski definition) is 0. The van der Waals surface area contributed by atoms with Gasteiger partial charge in [-0.25, -0.2) is 9.97 Å². The van der Waals surface area contributed by atoms with Crippen LogP contribution in [0.1, 0.15) is 84.6 Å². The van der Waals surface area contributed by atoms with Gasteiger partial charge in [-0.3, -0.25) is 0 Å². The van der Waals surface area contributed by atoms with E-state index in [-0.39, 0.29) is 16.2 Å². The molecule has 0 radical (unpaired) electrons. The highest BCUT2D eigenvalue weighted by Gasteiger charge is 2.32. The Labute approximate surface area is 450 Å². The molecule has 0 aliphatic carbocycles. The molecule has 0 saturated heterocycles. The van der Waals surface area contributed by atoms with Crippen molar-refractivity contribution in [2.75, 3.05) is 0 Å². The van der Waals surface area contributed by atoms with E-state index >= 15 is 0 Å². The minimum Gasteiger partial charge on any atom is -0.306 e. The fourth-order valence-corrected chi connectivity index (χ4v) is 11.7. The second-order valence-corrected chi connectivity index (χ2v) is 23.8. The summed E-state index contributed by atoms with van der Waals surface area (Å²) < 4.78 is 7.30. The van der Waals surface area contributed by atoms with Gasteiger partial charge in [-0.05, 0) is 99.7 Å². The third-order valence-corrected chi connectivity index (χ3v) is 15.8. The number of fused-ring (bicyclic) bond motifs is 9. The zero-order valence-corrected chi connectivity index (χ0v) is 45.2. The second kappa shape index (κ2) is 17.5. The Morgan fingerprint density at radius 2 is 0.701 bits per heavy atom. The number of nitriles is 1. The number of benzene rings is 9. The normalized spacial score (nSPS) is 12.5. The van der Waals surface area contributed by atoms with E-state index in [1.807, 2.05) is 24.3 Å². The maximum absolute atomic E-state index is 12.2. The Bertz CT molecular complexity index is 4500. The van der Waals surface area contributed by atoms with Crippen LogP contribution in [0.5, 0.6) is 0 Å². The SMILES string of the molecule is CC(C)(C)c1ccc2c(c1)c1ccccc1n2-c1c(C#N)cc(-c2cc(-c3ccccc3)nc(-c3ccccc3)n2)c(-n2c3ccccc3c3cc(C(C)(C)C)ccc32)c1-n1c2ccccc2c2cc(C(C)(C)C)ccc21. The topological polar surface area (TPSA) is 64.4 Å². The molecule has 0 amide bonds. The number of rotatable bonds is 6. The molecule has 0 N–H and O–H groups in total. The van der Waals surface area contributed by atoms with Gasteiger partial charge >= 0.3 is 0 Å². The molecule has 0 aliphatic rings. The predicted octanol–water partition coefficient (Wildman–Crippen LogP) is 18.5. The third kappa shape index (κ3) is 7.75. The lowest BCUT2D eigenvalue weighted by molar-refractivity contribution is 0.591. The Hall–Kier alpha value is -9.05. The summed E-state index contributed by atoms with van der Waals surface area (Å²) in [5.41, 5.74) is 16.8. The number of nitrogens with zero attached hydrogens (tertiary/aromatic N) is 6. The van der Waals surface area contributed by atoms with E-state index in [0.717, 1.165) is 105 Å². The number of para-hydroxylation sites is 3. The third-order valence-electron chi connectivity index (χ3n) is 15.8. The first-order valence-electron chi connectivity index (χ1n) is 26.8. The molecule has 6 nitrogen and oxygen atoms in total. The van der Waals surface area contributed by atoms with Crippen LogP contribution in [0.25, 0.3) is 116 Å². The van der Waals surface area contributed by atoms with Crippen molar-refractivity contribution in [3.8, 4) is 57.0 Å². The van der Waals surface area contributed by atoms with Crippen LogP contribution in [-0.2, 0) is 16.2 Å². The van der Waals surface area contributed by atoms with E-state index in [4.69, 9.17) is 9.97 Å². The number of aromatic nitrogens is 5. The van der Waals surface area contributed by atoms with E-state index in [9.17, 15) is 5.26 Å². The van der Waals surface area contributed by atoms with E-state index in [1.165, 1.54) is 16.7 Å². The molecular formula is C71H60N6. The monoisotopic (exact) mass is 996 g/mol. The maximum atomic E-state index is 12.2. The van der Waals surface area contributed by atoms with Gasteiger partial charge in [0.05, 0.1) is 67.1 Å². The van der Waals surface area contributed by atoms with Gasteiger partial charge in [0, 0.05) is 49.0 Å². The van der Waals surface area contributed by atoms with Gasteiger partial charge < -0.3 is 13.7 Å². The van der Waals surface area contributed by atoms with E-state index in [2.05, 4.69) is 258 Å². The highest BCUT2D eigenvalue weighted by atomic mass is 15.1. The van der Waals surface area contributed by atoms with Crippen molar-refractivity contribution < 1.29 is 0 Å². The van der Waals surface area contributed by atoms with Crippen LogP contribution in [0.3, 0.4) is 0 Å². The van der Waals surface area contributed by atoms with Crippen LogP contribution in [0.15, 0.2) is 200 Å². The summed E-state index contributed by atoms with van der Waals surface area (Å²) in [5.74, 6) is 0.595. The van der Waals surface area contributed by atoms with Crippen LogP contribution in [0, 0.1) is 11.3 Å². The molecule has 4 heterocycles. The Morgan fingerprint density at radius 1 is 0.338 bits per heavy atom. The van der Waals surface area contributed by atoms with Crippen LogP contribution in [-0.4, -0.2) is 23.7 Å². The van der Waals surface area contributed by atoms with Crippen molar-refractivity contribution in [3.63, 3.8) is 0 Å². The summed E-state index contributed by atoms with van der Waals surface area (Å²) >= 11 is 0. The van der Waals surface area contributed by atoms with E-state index in [1.54, 1.807) is 0 Å². The van der Waals surface area contributed by atoms with Gasteiger partial charge in [0.2, 0.25) is 0 Å². The quantitative estimate of drug-likeness (QED) is 0.167. The smallest absolute Gasteiger partial charge is 0.160 e. The van der Waals surface area contributed by atoms with Crippen molar-refractivity contribution in [1.29, 1.82) is 5.26 Å². The molecule has 77 heavy (non-hydrogen) atoms. The van der Waals surface area contributed by atoms with Gasteiger partial charge in [0.1, 0.15) is 6.07 Å². The first-order chi connectivity index (χ1) is 37.1. The maximum Gasteiger partial charge on any atom is 0.160 e. The molecule has 374 valence electrons. The molecule has 13 rings (SSSR count). The molecule has 0 spiro atoms. The van der Waals surface area contributed by atoms with Gasteiger partial charge in [-0.2, -0.15) is 5.26 Å². The summed E-state index contributed by atoms with van der Waals surface area (Å²) in [7, 11) is 0. The predicted molar refractivity (Wildman–Crippen MR) is 322 cm³/mol. The molecule has 0 bridgehead atoms. The summed E-state index contributed by atoms with van der Waals surface area (Å²) in [4.78, 5) is 10.9. The van der Waals surface area contributed by atoms with Crippen LogP contribution < -0.4 is 0 Å². The molecule has 13 aromatic rings. The van der Waals surface area contributed by atoms with Crippen LogP contribution >= 0.6 is 0 Å². The molecule has 0 fully saturated rings. The Balaban J connectivity index is 1.31. The summed E-state index contributed by atoms with van der Waals surface area (Å²) in [5, 5.41) is 19.0. The number of hydrogen-bond acceptors (Lipinski definition) is 3. The van der Waals surface area contributed by atoms with Gasteiger partial charge in [-0.15, -0.1) is 0 Å². The molecule has 0 atom stereocenters. The van der Waals surface area contributed by atoms with Crippen molar-refractivity contribution in [3.05, 3.63) is 222 Å². The molecular weight excluding hydrogens is 937 g/mol. The van der Waals surface area contributed by atoms with Crippen molar-refractivity contribution >= 4 is 65.4 Å². The fraction of sp³-hybridized carbons (Fsp3) is 0.169. The lowest BCUT2D eigenvalue weighted by atomic mass is 9.86. The van der Waals surface area contributed by atoms with Crippen molar-refractivity contribution in [2.24, 2.45) is 0 Å². The molecule has 0 saturated carbocycles. The zero-order chi connectivity index (χ0) is 53.1. The Morgan fingerprint density at radius 3 is 1.13 bits per heavy atom. The largest absolute Gasteiger partial charge is 0.306 e. The summed E-state index contributed by atoms with van der Waals surface area (Å²) in [6.07, 6.45) is 0. The lowest BCUT2D eigenvalue weighted by Crippen LogP contribution is -2.14. The van der Waals surface area contributed by atoms with Crippen LogP contribution in [0.2, 0.25) is 0 Å². The van der Waals surface area contributed by atoms with Gasteiger partial charge in [-0.1, -0.05) is 196 Å². The summed E-state index contributed by atoms with van der Waals surface area (Å²) in [6.45, 7) is 20.5. The Kier molecular flexibility index (Phi) is 10.8. The van der Waals surface area contributed by atoms with Crippen molar-refractivity contribution in [2.45, 2.75) is 78.6 Å². The molecule has 4 aromatic heterocycles. The lowest BCUT2D eigenvalue weighted by Gasteiger charge is -2.26. The zero-order valence-electron chi connectivity index (χ0n) is 45.2. The minimum atomic E-state index is -0.106. The van der Waals surface area contributed by atoms with Gasteiger partial charge in [0.25, 0.3) is 0 Å². The van der Waals surface area contributed by atoms with Crippen molar-refractivity contribution in [1.82, 2.24) is 23.7 Å². The average molecular weight is 997 g/mol. The molecule has 0 aliphatic heterocycles. The van der Waals surface area contributed by atoms with E-state index < -0.39 is 0 Å². The molecule has 9 aromatic carbocycles. The van der Waals surface area contributed by atoms with Gasteiger partial charge in [0.15, 0.2) is 5.82 Å². The molecule has 0 unspecified atom stereocenters. The standard InChI is InChI=1S/C71H60N6/c1-69(2,3)47-32-35-62-53(39-47)50-26-16-19-29-59(50)75(62)65-46(43-72)38-56(58-42-57(44-22-12-10-13-23-44)73-68(74-58)45-24-14-11-15-25-45)66(76-60-30-20-17-27-51(60)54-40-48(70(4,5)6)33-36-63(54)76)67(65)77-61-31-21-18-28-52(61)55-41-49(71(7,8)9)34-37-64(55)77/h10-42H,1-9H3. The molecule has 6 heteroatoms.